The fourth-order valence-corrected chi connectivity index (χ4v) is 0.916. The third kappa shape index (κ3) is 6.68. The molecule has 0 aromatic heterocycles. The number of urea groups is 1. The van der Waals surface area contributed by atoms with Gasteiger partial charge in [-0.15, -0.1) is 0 Å². The van der Waals surface area contributed by atoms with Crippen molar-refractivity contribution in [1.82, 2.24) is 10.6 Å². The summed E-state index contributed by atoms with van der Waals surface area (Å²) in [6.45, 7) is 4.73. The van der Waals surface area contributed by atoms with Gasteiger partial charge in [-0.3, -0.25) is 0 Å². The lowest BCUT2D eigenvalue weighted by atomic mass is 10.3. The fourth-order valence-electron chi connectivity index (χ4n) is 0.916. The van der Waals surface area contributed by atoms with Crippen LogP contribution in [0.4, 0.5) is 4.79 Å². The molecule has 0 fully saturated rings. The molecule has 0 aromatic carbocycles. The average molecular weight is 204 g/mol. The molecule has 84 valence electrons. The summed E-state index contributed by atoms with van der Waals surface area (Å²) in [5, 5.41) is 5.41. The molecular formula is C9H20N2O3. The maximum Gasteiger partial charge on any atom is 0.315 e. The molecule has 5 nitrogen and oxygen atoms in total. The first-order valence-electron chi connectivity index (χ1n) is 4.66. The highest BCUT2D eigenvalue weighted by Gasteiger charge is 2.08. The number of hydrogen-bond donors (Lipinski definition) is 2. The van der Waals surface area contributed by atoms with E-state index in [1.807, 2.05) is 13.8 Å². The van der Waals surface area contributed by atoms with Gasteiger partial charge >= 0.3 is 6.03 Å². The number of carbonyl (C=O) groups is 1. The van der Waals surface area contributed by atoms with Gasteiger partial charge in [-0.05, 0) is 13.8 Å². The molecule has 2 N–H and O–H groups in total. The zero-order valence-electron chi connectivity index (χ0n) is 9.29. The first-order valence-corrected chi connectivity index (χ1v) is 4.66. The Morgan fingerprint density at radius 2 is 2.00 bits per heavy atom. The molecule has 0 spiro atoms. The highest BCUT2D eigenvalue weighted by atomic mass is 16.5. The van der Waals surface area contributed by atoms with Crippen LogP contribution in [0.3, 0.4) is 0 Å². The molecule has 1 unspecified atom stereocenters. The number of amides is 2. The molecule has 0 bridgehead atoms. The van der Waals surface area contributed by atoms with Crippen molar-refractivity contribution in [3.05, 3.63) is 0 Å². The molecular weight excluding hydrogens is 184 g/mol. The molecule has 0 aliphatic heterocycles. The summed E-state index contributed by atoms with van der Waals surface area (Å²) in [5.41, 5.74) is 0. The Kier molecular flexibility index (Phi) is 7.14. The molecule has 0 aliphatic carbocycles. The van der Waals surface area contributed by atoms with Gasteiger partial charge in [-0.25, -0.2) is 4.79 Å². The highest BCUT2D eigenvalue weighted by molar-refractivity contribution is 5.74. The normalized spacial score (nSPS) is 12.6. The zero-order chi connectivity index (χ0) is 11.0. The molecule has 0 aliphatic rings. The van der Waals surface area contributed by atoms with Crippen molar-refractivity contribution in [2.75, 3.05) is 27.4 Å². The molecule has 0 heterocycles. The van der Waals surface area contributed by atoms with E-state index < -0.39 is 0 Å². The van der Waals surface area contributed by atoms with Gasteiger partial charge in [0.2, 0.25) is 0 Å². The third-order valence-electron chi connectivity index (χ3n) is 1.60. The lowest BCUT2D eigenvalue weighted by Gasteiger charge is -2.16. The molecule has 1 atom stereocenters. The van der Waals surface area contributed by atoms with E-state index in [-0.39, 0.29) is 18.2 Å². The number of rotatable bonds is 6. The minimum atomic E-state index is -0.182. The van der Waals surface area contributed by atoms with E-state index in [0.717, 1.165) is 0 Å². The Morgan fingerprint density at radius 1 is 1.36 bits per heavy atom. The molecule has 0 radical (unpaired) electrons. The standard InChI is InChI=1S/C9H20N2O3/c1-7(2)11-9(12)10-5-8(14-4)6-13-3/h7-8H,5-6H2,1-4H3,(H2,10,11,12). The summed E-state index contributed by atoms with van der Waals surface area (Å²) in [4.78, 5) is 11.2. The summed E-state index contributed by atoms with van der Waals surface area (Å²) < 4.78 is 9.99. The van der Waals surface area contributed by atoms with Crippen molar-refractivity contribution in [2.24, 2.45) is 0 Å². The predicted molar refractivity (Wildman–Crippen MR) is 54.3 cm³/mol. The summed E-state index contributed by atoms with van der Waals surface area (Å²) in [7, 11) is 3.19. The summed E-state index contributed by atoms with van der Waals surface area (Å²) in [6, 6.07) is -0.0448. The largest absolute Gasteiger partial charge is 0.382 e. The average Bonchev–Trinajstić information content (AvgIpc) is 2.11. The van der Waals surface area contributed by atoms with Crippen LogP contribution in [0.1, 0.15) is 13.8 Å². The minimum absolute atomic E-state index is 0.0992. The van der Waals surface area contributed by atoms with E-state index >= 15 is 0 Å². The van der Waals surface area contributed by atoms with Crippen molar-refractivity contribution >= 4 is 6.03 Å². The second-order valence-electron chi connectivity index (χ2n) is 3.32. The van der Waals surface area contributed by atoms with Gasteiger partial charge in [-0.2, -0.15) is 0 Å². The SMILES string of the molecule is COCC(CNC(=O)NC(C)C)OC. The van der Waals surface area contributed by atoms with Crippen LogP contribution in [0, 0.1) is 0 Å². The lowest BCUT2D eigenvalue weighted by molar-refractivity contribution is 0.0304. The van der Waals surface area contributed by atoms with E-state index in [4.69, 9.17) is 9.47 Å². The van der Waals surface area contributed by atoms with Crippen molar-refractivity contribution < 1.29 is 14.3 Å². The van der Waals surface area contributed by atoms with Gasteiger partial charge in [-0.1, -0.05) is 0 Å². The quantitative estimate of drug-likeness (QED) is 0.656. The predicted octanol–water partition coefficient (Wildman–Crippen LogP) is 0.355. The lowest BCUT2D eigenvalue weighted by Crippen LogP contribution is -2.43. The van der Waals surface area contributed by atoms with Crippen LogP contribution < -0.4 is 10.6 Å². The van der Waals surface area contributed by atoms with Gasteiger partial charge in [0.05, 0.1) is 12.7 Å². The van der Waals surface area contributed by atoms with Crippen LogP contribution in [-0.2, 0) is 9.47 Å². The van der Waals surface area contributed by atoms with Gasteiger partial charge in [0.15, 0.2) is 0 Å². The minimum Gasteiger partial charge on any atom is -0.382 e. The van der Waals surface area contributed by atoms with Crippen LogP contribution in [0.2, 0.25) is 0 Å². The number of hydrogen-bond acceptors (Lipinski definition) is 3. The zero-order valence-corrected chi connectivity index (χ0v) is 9.29. The van der Waals surface area contributed by atoms with E-state index in [9.17, 15) is 4.79 Å². The molecule has 0 saturated carbocycles. The van der Waals surface area contributed by atoms with Gasteiger partial charge in [0.25, 0.3) is 0 Å². The Bertz CT molecular complexity index is 162. The summed E-state index contributed by atoms with van der Waals surface area (Å²) in [5.74, 6) is 0. The van der Waals surface area contributed by atoms with Crippen molar-refractivity contribution in [2.45, 2.75) is 26.0 Å². The number of nitrogens with one attached hydrogen (secondary N) is 2. The topological polar surface area (TPSA) is 59.6 Å². The maximum absolute atomic E-state index is 11.2. The molecule has 0 aromatic rings. The van der Waals surface area contributed by atoms with Crippen molar-refractivity contribution in [1.29, 1.82) is 0 Å². The molecule has 5 heteroatoms. The van der Waals surface area contributed by atoms with Crippen molar-refractivity contribution in [3.8, 4) is 0 Å². The van der Waals surface area contributed by atoms with Crippen molar-refractivity contribution in [3.63, 3.8) is 0 Å². The number of methoxy groups -OCH3 is 2. The first kappa shape index (κ1) is 13.2. The molecule has 0 saturated heterocycles. The fraction of sp³-hybridized carbons (Fsp3) is 0.889. The summed E-state index contributed by atoms with van der Waals surface area (Å²) >= 11 is 0. The van der Waals surface area contributed by atoms with Crippen LogP contribution in [0.15, 0.2) is 0 Å². The van der Waals surface area contributed by atoms with E-state index in [1.54, 1.807) is 14.2 Å². The second kappa shape index (κ2) is 7.58. The number of ether oxygens (including phenoxy) is 2. The Morgan fingerprint density at radius 3 is 2.43 bits per heavy atom. The maximum atomic E-state index is 11.2. The van der Waals surface area contributed by atoms with Gasteiger partial charge in [0.1, 0.15) is 0 Å². The highest BCUT2D eigenvalue weighted by Crippen LogP contribution is 1.88. The van der Waals surface area contributed by atoms with E-state index in [0.29, 0.717) is 13.2 Å². The first-order chi connectivity index (χ1) is 6.60. The molecule has 0 rings (SSSR count). The van der Waals surface area contributed by atoms with E-state index in [1.165, 1.54) is 0 Å². The molecule has 14 heavy (non-hydrogen) atoms. The van der Waals surface area contributed by atoms with Crippen LogP contribution in [0.5, 0.6) is 0 Å². The second-order valence-corrected chi connectivity index (χ2v) is 3.32. The van der Waals surface area contributed by atoms with Crippen LogP contribution in [-0.4, -0.2) is 45.5 Å². The van der Waals surface area contributed by atoms with Crippen LogP contribution in [0.25, 0.3) is 0 Å². The molecule has 2 amide bonds. The number of carbonyl (C=O) groups excluding carboxylic acids is 1. The van der Waals surface area contributed by atoms with Gasteiger partial charge in [0, 0.05) is 26.8 Å². The van der Waals surface area contributed by atoms with Crippen LogP contribution >= 0.6 is 0 Å². The Labute approximate surface area is 85.1 Å². The summed E-state index contributed by atoms with van der Waals surface area (Å²) in [6.07, 6.45) is -0.0992. The third-order valence-corrected chi connectivity index (χ3v) is 1.60. The monoisotopic (exact) mass is 204 g/mol. The Hall–Kier alpha value is -0.810. The van der Waals surface area contributed by atoms with Gasteiger partial charge < -0.3 is 20.1 Å². The smallest absolute Gasteiger partial charge is 0.315 e. The van der Waals surface area contributed by atoms with E-state index in [2.05, 4.69) is 10.6 Å². The Balaban J connectivity index is 3.62.